The number of fused-ring (bicyclic) bond motifs is 1. The van der Waals surface area contributed by atoms with Crippen LogP contribution in [0, 0.1) is 6.92 Å². The number of benzene rings is 2. The smallest absolute Gasteiger partial charge is 0.106 e. The molecule has 0 radical (unpaired) electrons. The van der Waals surface area contributed by atoms with Crippen molar-refractivity contribution in [2.24, 2.45) is 5.73 Å². The van der Waals surface area contributed by atoms with Crippen LogP contribution in [0.3, 0.4) is 0 Å². The molecule has 96 valence electrons. The first-order chi connectivity index (χ1) is 9.18. The molecule has 2 aromatic rings. The summed E-state index contributed by atoms with van der Waals surface area (Å²) in [4.78, 5) is 2.79. The lowest BCUT2D eigenvalue weighted by molar-refractivity contribution is 0.991. The number of anilines is 2. The van der Waals surface area contributed by atoms with Crippen molar-refractivity contribution in [3.05, 3.63) is 59.2 Å². The van der Waals surface area contributed by atoms with E-state index in [9.17, 15) is 0 Å². The molecule has 0 aromatic heterocycles. The molecule has 0 bridgehead atoms. The van der Waals surface area contributed by atoms with Crippen LogP contribution in [0.25, 0.3) is 0 Å². The molecular weight excluding hydrogens is 252 g/mol. The first kappa shape index (κ1) is 12.2. The maximum Gasteiger partial charge on any atom is 0.106 e. The molecule has 0 spiro atoms. The Hall–Kier alpha value is -1.87. The van der Waals surface area contributed by atoms with E-state index in [0.29, 0.717) is 4.99 Å². The minimum Gasteiger partial charge on any atom is -0.389 e. The summed E-state index contributed by atoms with van der Waals surface area (Å²) in [6.07, 6.45) is 1.07. The summed E-state index contributed by atoms with van der Waals surface area (Å²) in [6.45, 7) is 3.10. The Bertz CT molecular complexity index is 649. The Balaban J connectivity index is 2.17. The standard InChI is InChI=1S/C16H16N2S/c1-11-5-4-7-13(16(17)19)15(11)18-10-9-12-6-2-3-8-14(12)18/h2-8H,9-10H2,1H3,(H2,17,19). The summed E-state index contributed by atoms with van der Waals surface area (Å²) >= 11 is 5.19. The van der Waals surface area contributed by atoms with Gasteiger partial charge in [-0.3, -0.25) is 0 Å². The first-order valence-electron chi connectivity index (χ1n) is 6.43. The summed E-state index contributed by atoms with van der Waals surface area (Å²) in [6, 6.07) is 14.6. The van der Waals surface area contributed by atoms with E-state index < -0.39 is 0 Å². The number of thiocarbonyl (C=S) groups is 1. The van der Waals surface area contributed by atoms with Crippen molar-refractivity contribution in [1.29, 1.82) is 0 Å². The molecule has 0 amide bonds. The molecule has 19 heavy (non-hydrogen) atoms. The maximum absolute atomic E-state index is 5.88. The van der Waals surface area contributed by atoms with Gasteiger partial charge in [0, 0.05) is 17.8 Å². The van der Waals surface area contributed by atoms with Crippen molar-refractivity contribution < 1.29 is 0 Å². The summed E-state index contributed by atoms with van der Waals surface area (Å²) in [5, 5.41) is 0. The van der Waals surface area contributed by atoms with E-state index >= 15 is 0 Å². The van der Waals surface area contributed by atoms with Crippen LogP contribution in [0.5, 0.6) is 0 Å². The van der Waals surface area contributed by atoms with Crippen LogP contribution in [0.4, 0.5) is 11.4 Å². The minimum atomic E-state index is 0.461. The monoisotopic (exact) mass is 268 g/mol. The highest BCUT2D eigenvalue weighted by molar-refractivity contribution is 7.80. The first-order valence-corrected chi connectivity index (χ1v) is 6.84. The van der Waals surface area contributed by atoms with Gasteiger partial charge in [-0.15, -0.1) is 0 Å². The molecule has 0 saturated carbocycles. The van der Waals surface area contributed by atoms with E-state index in [-0.39, 0.29) is 0 Å². The zero-order valence-electron chi connectivity index (χ0n) is 10.9. The van der Waals surface area contributed by atoms with Crippen molar-refractivity contribution >= 4 is 28.6 Å². The van der Waals surface area contributed by atoms with Gasteiger partial charge < -0.3 is 10.6 Å². The Morgan fingerprint density at radius 2 is 1.95 bits per heavy atom. The second kappa shape index (κ2) is 4.67. The third kappa shape index (κ3) is 2.00. The zero-order valence-corrected chi connectivity index (χ0v) is 11.7. The number of aryl methyl sites for hydroxylation is 1. The molecular formula is C16H16N2S. The second-order valence-corrected chi connectivity index (χ2v) is 5.31. The second-order valence-electron chi connectivity index (χ2n) is 4.87. The molecule has 1 aliphatic rings. The lowest BCUT2D eigenvalue weighted by Gasteiger charge is -2.24. The molecule has 1 aliphatic heterocycles. The van der Waals surface area contributed by atoms with Gasteiger partial charge in [0.05, 0.1) is 5.69 Å². The van der Waals surface area contributed by atoms with Crippen LogP contribution in [-0.4, -0.2) is 11.5 Å². The third-order valence-electron chi connectivity index (χ3n) is 3.66. The largest absolute Gasteiger partial charge is 0.389 e. The summed E-state index contributed by atoms with van der Waals surface area (Å²) in [7, 11) is 0. The van der Waals surface area contributed by atoms with E-state index in [1.54, 1.807) is 0 Å². The van der Waals surface area contributed by atoms with Gasteiger partial charge in [0.25, 0.3) is 0 Å². The molecule has 0 unspecified atom stereocenters. The van der Waals surface area contributed by atoms with Crippen LogP contribution >= 0.6 is 12.2 Å². The van der Waals surface area contributed by atoms with E-state index in [1.807, 2.05) is 12.1 Å². The van der Waals surface area contributed by atoms with Crippen LogP contribution in [-0.2, 0) is 6.42 Å². The minimum absolute atomic E-state index is 0.461. The highest BCUT2D eigenvalue weighted by Gasteiger charge is 2.23. The quantitative estimate of drug-likeness (QED) is 0.847. The summed E-state index contributed by atoms with van der Waals surface area (Å²) in [5.74, 6) is 0. The predicted octanol–water partition coefficient (Wildman–Crippen LogP) is 3.32. The fraction of sp³-hybridized carbons (Fsp3) is 0.188. The van der Waals surface area contributed by atoms with Gasteiger partial charge in [-0.05, 0) is 36.6 Å². The normalized spacial score (nSPS) is 13.4. The number of rotatable bonds is 2. The average molecular weight is 268 g/mol. The molecule has 2 aromatic carbocycles. The van der Waals surface area contributed by atoms with Gasteiger partial charge in [0.2, 0.25) is 0 Å². The average Bonchev–Trinajstić information content (AvgIpc) is 2.82. The molecule has 1 heterocycles. The van der Waals surface area contributed by atoms with Gasteiger partial charge in [-0.1, -0.05) is 42.5 Å². The number of para-hydroxylation sites is 2. The molecule has 0 aliphatic carbocycles. The Morgan fingerprint density at radius 3 is 2.74 bits per heavy atom. The fourth-order valence-electron chi connectivity index (χ4n) is 2.79. The maximum atomic E-state index is 5.88. The molecule has 0 fully saturated rings. The fourth-order valence-corrected chi connectivity index (χ4v) is 2.95. The number of nitrogens with two attached hydrogens (primary N) is 1. The Kier molecular flexibility index (Phi) is 2.99. The summed E-state index contributed by atoms with van der Waals surface area (Å²) < 4.78 is 0. The van der Waals surface area contributed by atoms with Crippen molar-refractivity contribution in [2.75, 3.05) is 11.4 Å². The Labute approximate surface area is 118 Å². The molecule has 0 saturated heterocycles. The lowest BCUT2D eigenvalue weighted by atomic mass is 10.1. The molecule has 2 N–H and O–H groups in total. The third-order valence-corrected chi connectivity index (χ3v) is 3.88. The lowest BCUT2D eigenvalue weighted by Crippen LogP contribution is -2.20. The van der Waals surface area contributed by atoms with Crippen molar-refractivity contribution in [3.8, 4) is 0 Å². The number of nitrogens with zero attached hydrogens (tertiary/aromatic N) is 1. The zero-order chi connectivity index (χ0) is 13.4. The van der Waals surface area contributed by atoms with E-state index in [4.69, 9.17) is 18.0 Å². The van der Waals surface area contributed by atoms with Crippen molar-refractivity contribution in [3.63, 3.8) is 0 Å². The number of hydrogen-bond donors (Lipinski definition) is 1. The van der Waals surface area contributed by atoms with Crippen molar-refractivity contribution in [1.82, 2.24) is 0 Å². The van der Waals surface area contributed by atoms with Crippen LogP contribution in [0.1, 0.15) is 16.7 Å². The molecule has 0 atom stereocenters. The molecule has 3 heteroatoms. The molecule has 3 rings (SSSR count). The predicted molar refractivity (Wildman–Crippen MR) is 84.2 cm³/mol. The Morgan fingerprint density at radius 1 is 1.16 bits per heavy atom. The van der Waals surface area contributed by atoms with E-state index in [1.165, 1.54) is 16.8 Å². The van der Waals surface area contributed by atoms with Crippen LogP contribution in [0.2, 0.25) is 0 Å². The van der Waals surface area contributed by atoms with Crippen LogP contribution < -0.4 is 10.6 Å². The van der Waals surface area contributed by atoms with Crippen LogP contribution in [0.15, 0.2) is 42.5 Å². The highest BCUT2D eigenvalue weighted by Crippen LogP contribution is 2.37. The van der Waals surface area contributed by atoms with Gasteiger partial charge >= 0.3 is 0 Å². The van der Waals surface area contributed by atoms with Gasteiger partial charge in [-0.25, -0.2) is 0 Å². The topological polar surface area (TPSA) is 29.3 Å². The van der Waals surface area contributed by atoms with Gasteiger partial charge in [-0.2, -0.15) is 0 Å². The van der Waals surface area contributed by atoms with E-state index in [2.05, 4.69) is 42.2 Å². The van der Waals surface area contributed by atoms with E-state index in [0.717, 1.165) is 24.2 Å². The number of hydrogen-bond acceptors (Lipinski definition) is 2. The van der Waals surface area contributed by atoms with Crippen molar-refractivity contribution in [2.45, 2.75) is 13.3 Å². The van der Waals surface area contributed by atoms with Gasteiger partial charge in [0.1, 0.15) is 4.99 Å². The molecule has 2 nitrogen and oxygen atoms in total. The van der Waals surface area contributed by atoms with Gasteiger partial charge in [0.15, 0.2) is 0 Å². The SMILES string of the molecule is Cc1cccc(C(N)=S)c1N1CCc2ccccc21. The highest BCUT2D eigenvalue weighted by atomic mass is 32.1. The summed E-state index contributed by atoms with van der Waals surface area (Å²) in [5.41, 5.74) is 11.9.